The SMILES string of the molecule is CCOC(=O)c1c[nH+]c2cc(C(F)(F)F)ccc2c1N1CCN(C(C)=O)CC1. The van der Waals surface area contributed by atoms with Crippen molar-refractivity contribution in [2.24, 2.45) is 0 Å². The van der Waals surface area contributed by atoms with E-state index in [1.165, 1.54) is 19.2 Å². The van der Waals surface area contributed by atoms with Crippen molar-refractivity contribution < 1.29 is 32.5 Å². The van der Waals surface area contributed by atoms with Crippen LogP contribution in [0.4, 0.5) is 18.9 Å². The van der Waals surface area contributed by atoms with E-state index in [9.17, 15) is 22.8 Å². The Morgan fingerprint density at radius 2 is 1.86 bits per heavy atom. The van der Waals surface area contributed by atoms with E-state index in [0.717, 1.165) is 12.1 Å². The molecule has 0 bridgehead atoms. The van der Waals surface area contributed by atoms with E-state index < -0.39 is 17.7 Å². The van der Waals surface area contributed by atoms with Gasteiger partial charge in [-0.1, -0.05) is 0 Å². The number of pyridine rings is 1. The number of esters is 1. The minimum atomic E-state index is -4.46. The smallest absolute Gasteiger partial charge is 0.416 e. The van der Waals surface area contributed by atoms with Crippen LogP contribution in [-0.4, -0.2) is 49.6 Å². The topological polar surface area (TPSA) is 64.0 Å². The summed E-state index contributed by atoms with van der Waals surface area (Å²) in [6, 6.07) is 3.39. The van der Waals surface area contributed by atoms with Gasteiger partial charge < -0.3 is 14.5 Å². The van der Waals surface area contributed by atoms with Crippen LogP contribution in [-0.2, 0) is 15.7 Å². The molecule has 150 valence electrons. The minimum absolute atomic E-state index is 0.0358. The number of carbonyl (C=O) groups is 2. The lowest BCUT2D eigenvalue weighted by Gasteiger charge is -2.36. The number of ether oxygens (including phenoxy) is 1. The number of carbonyl (C=O) groups excluding carboxylic acids is 2. The van der Waals surface area contributed by atoms with E-state index in [1.54, 1.807) is 11.8 Å². The van der Waals surface area contributed by atoms with Crippen molar-refractivity contribution in [2.45, 2.75) is 20.0 Å². The van der Waals surface area contributed by atoms with Crippen LogP contribution in [0.2, 0.25) is 0 Å². The summed E-state index contributed by atoms with van der Waals surface area (Å²) >= 11 is 0. The molecule has 1 fully saturated rings. The van der Waals surface area contributed by atoms with E-state index >= 15 is 0 Å². The predicted molar refractivity (Wildman–Crippen MR) is 95.9 cm³/mol. The fourth-order valence-electron chi connectivity index (χ4n) is 3.36. The number of amides is 1. The Hall–Kier alpha value is -2.84. The molecule has 0 saturated carbocycles. The van der Waals surface area contributed by atoms with E-state index in [4.69, 9.17) is 4.74 Å². The molecule has 1 aromatic heterocycles. The van der Waals surface area contributed by atoms with Crippen molar-refractivity contribution in [3.63, 3.8) is 0 Å². The van der Waals surface area contributed by atoms with Gasteiger partial charge in [0.15, 0.2) is 6.20 Å². The molecular formula is C19H21F3N3O3+. The molecule has 1 saturated heterocycles. The molecule has 1 aromatic carbocycles. The quantitative estimate of drug-likeness (QED) is 0.748. The van der Waals surface area contributed by atoms with Crippen LogP contribution in [0, 0.1) is 0 Å². The molecule has 1 N–H and O–H groups in total. The lowest BCUT2D eigenvalue weighted by Crippen LogP contribution is -2.48. The normalized spacial score (nSPS) is 15.0. The Labute approximate surface area is 159 Å². The zero-order valence-corrected chi connectivity index (χ0v) is 15.6. The van der Waals surface area contributed by atoms with Gasteiger partial charge in [0, 0.05) is 39.2 Å². The predicted octanol–water partition coefficient (Wildman–Crippen LogP) is 2.52. The molecule has 1 aliphatic rings. The van der Waals surface area contributed by atoms with Gasteiger partial charge in [-0.3, -0.25) is 4.79 Å². The number of aromatic nitrogens is 1. The Balaban J connectivity index is 2.09. The Kier molecular flexibility index (Phi) is 5.44. The highest BCUT2D eigenvalue weighted by molar-refractivity contribution is 6.04. The number of fused-ring (bicyclic) bond motifs is 1. The van der Waals surface area contributed by atoms with Gasteiger partial charge in [-0.25, -0.2) is 9.78 Å². The van der Waals surface area contributed by atoms with Crippen molar-refractivity contribution >= 4 is 28.5 Å². The highest BCUT2D eigenvalue weighted by Gasteiger charge is 2.33. The molecule has 1 aliphatic heterocycles. The van der Waals surface area contributed by atoms with Gasteiger partial charge in [-0.15, -0.1) is 0 Å². The van der Waals surface area contributed by atoms with Gasteiger partial charge in [0.25, 0.3) is 0 Å². The van der Waals surface area contributed by atoms with Crippen molar-refractivity contribution in [2.75, 3.05) is 37.7 Å². The lowest BCUT2D eigenvalue weighted by atomic mass is 10.0. The number of aromatic amines is 1. The molecule has 0 aliphatic carbocycles. The van der Waals surface area contributed by atoms with Gasteiger partial charge in [0.05, 0.1) is 23.2 Å². The van der Waals surface area contributed by atoms with Crippen molar-refractivity contribution in [1.82, 2.24) is 4.90 Å². The zero-order chi connectivity index (χ0) is 20.5. The average Bonchev–Trinajstić information content (AvgIpc) is 2.66. The summed E-state index contributed by atoms with van der Waals surface area (Å²) in [4.78, 5) is 30.4. The molecule has 28 heavy (non-hydrogen) atoms. The second-order valence-corrected chi connectivity index (χ2v) is 6.52. The monoisotopic (exact) mass is 396 g/mol. The van der Waals surface area contributed by atoms with E-state index in [0.29, 0.717) is 37.3 Å². The number of nitrogens with zero attached hydrogens (tertiary/aromatic N) is 2. The second-order valence-electron chi connectivity index (χ2n) is 6.52. The molecule has 9 heteroatoms. The first-order valence-corrected chi connectivity index (χ1v) is 8.95. The summed E-state index contributed by atoms with van der Waals surface area (Å²) in [5.74, 6) is -0.587. The number of benzene rings is 1. The van der Waals surface area contributed by atoms with E-state index in [-0.39, 0.29) is 23.6 Å². The number of halogens is 3. The molecule has 0 unspecified atom stereocenters. The summed E-state index contributed by atoms with van der Waals surface area (Å²) in [7, 11) is 0. The van der Waals surface area contributed by atoms with Crippen molar-refractivity contribution in [1.29, 1.82) is 0 Å². The van der Waals surface area contributed by atoms with Crippen LogP contribution in [0.15, 0.2) is 24.4 Å². The standard InChI is InChI=1S/C19H20F3N3O3/c1-3-28-18(27)15-11-23-16-10-13(19(20,21)22)4-5-14(16)17(15)25-8-6-24(7-9-25)12(2)26/h4-5,10-11H,3,6-9H2,1-2H3/p+1. The van der Waals surface area contributed by atoms with Gasteiger partial charge in [0.1, 0.15) is 5.56 Å². The third-order valence-electron chi connectivity index (χ3n) is 4.77. The van der Waals surface area contributed by atoms with Gasteiger partial charge in [-0.2, -0.15) is 13.2 Å². The Bertz CT molecular complexity index is 906. The number of hydrogen-bond donors (Lipinski definition) is 0. The number of piperazine rings is 1. The first-order valence-electron chi connectivity index (χ1n) is 8.95. The highest BCUT2D eigenvalue weighted by Crippen LogP contribution is 2.35. The van der Waals surface area contributed by atoms with Crippen LogP contribution < -0.4 is 9.88 Å². The zero-order valence-electron chi connectivity index (χ0n) is 15.6. The van der Waals surface area contributed by atoms with Crippen LogP contribution in [0.3, 0.4) is 0 Å². The number of H-pyrrole nitrogens is 1. The van der Waals surface area contributed by atoms with Crippen LogP contribution >= 0.6 is 0 Å². The summed E-state index contributed by atoms with van der Waals surface area (Å²) < 4.78 is 44.3. The fraction of sp³-hybridized carbons (Fsp3) is 0.421. The third-order valence-corrected chi connectivity index (χ3v) is 4.77. The molecular weight excluding hydrogens is 375 g/mol. The first-order chi connectivity index (χ1) is 13.2. The fourth-order valence-corrected chi connectivity index (χ4v) is 3.36. The maximum absolute atomic E-state index is 13.1. The Morgan fingerprint density at radius 3 is 2.43 bits per heavy atom. The highest BCUT2D eigenvalue weighted by atomic mass is 19.4. The molecule has 2 heterocycles. The summed E-state index contributed by atoms with van der Waals surface area (Å²) in [6.45, 7) is 5.23. The average molecular weight is 396 g/mol. The molecule has 3 rings (SSSR count). The molecule has 2 aromatic rings. The van der Waals surface area contributed by atoms with Crippen LogP contribution in [0.25, 0.3) is 10.9 Å². The number of hydrogen-bond acceptors (Lipinski definition) is 4. The number of rotatable bonds is 3. The van der Waals surface area contributed by atoms with Crippen LogP contribution in [0.5, 0.6) is 0 Å². The Morgan fingerprint density at radius 1 is 1.18 bits per heavy atom. The van der Waals surface area contributed by atoms with Gasteiger partial charge >= 0.3 is 12.1 Å². The summed E-state index contributed by atoms with van der Waals surface area (Å²) in [5.41, 5.74) is 0.272. The van der Waals surface area contributed by atoms with E-state index in [1.807, 2.05) is 4.90 Å². The van der Waals surface area contributed by atoms with Crippen molar-refractivity contribution in [3.8, 4) is 0 Å². The molecule has 6 nitrogen and oxygen atoms in total. The summed E-state index contributed by atoms with van der Waals surface area (Å²) in [6.07, 6.45) is -3.08. The molecule has 0 atom stereocenters. The number of alkyl halides is 3. The number of anilines is 1. The van der Waals surface area contributed by atoms with E-state index in [2.05, 4.69) is 4.98 Å². The first kappa shape index (κ1) is 19.9. The molecule has 1 amide bonds. The van der Waals surface area contributed by atoms with Crippen molar-refractivity contribution in [3.05, 3.63) is 35.5 Å². The number of nitrogens with one attached hydrogen (secondary N) is 1. The molecule has 0 radical (unpaired) electrons. The maximum atomic E-state index is 13.1. The second kappa shape index (κ2) is 7.65. The third kappa shape index (κ3) is 3.88. The van der Waals surface area contributed by atoms with Crippen LogP contribution in [0.1, 0.15) is 29.8 Å². The van der Waals surface area contributed by atoms with Gasteiger partial charge in [-0.05, 0) is 19.1 Å². The largest absolute Gasteiger partial charge is 0.462 e. The minimum Gasteiger partial charge on any atom is -0.462 e. The van der Waals surface area contributed by atoms with Gasteiger partial charge in [0.2, 0.25) is 11.4 Å². The lowest BCUT2D eigenvalue weighted by molar-refractivity contribution is -0.345. The molecule has 0 spiro atoms. The maximum Gasteiger partial charge on any atom is 0.416 e. The summed E-state index contributed by atoms with van der Waals surface area (Å²) in [5, 5.41) is 0.495.